The highest BCUT2D eigenvalue weighted by Crippen LogP contribution is 2.38. The first-order chi connectivity index (χ1) is 14.7. The number of benzene rings is 2. The van der Waals surface area contributed by atoms with Crippen molar-refractivity contribution in [2.75, 3.05) is 16.8 Å². The summed E-state index contributed by atoms with van der Waals surface area (Å²) in [6.45, 7) is 0.586. The van der Waals surface area contributed by atoms with Crippen molar-refractivity contribution in [1.82, 2.24) is 0 Å². The van der Waals surface area contributed by atoms with E-state index in [0.717, 1.165) is 43.5 Å². The predicted octanol–water partition coefficient (Wildman–Crippen LogP) is 4.12. The molecule has 31 heavy (non-hydrogen) atoms. The number of amidine groups is 1. The first kappa shape index (κ1) is 21.2. The molecule has 2 aliphatic rings. The Labute approximate surface area is 181 Å². The van der Waals surface area contributed by atoms with Gasteiger partial charge in [0.05, 0.1) is 21.2 Å². The number of carbonyl (C=O) groups excluding carboxylic acids is 1. The molecule has 2 aromatic carbocycles. The first-order valence-electron chi connectivity index (χ1n) is 9.37. The van der Waals surface area contributed by atoms with Crippen molar-refractivity contribution in [2.45, 2.75) is 30.6 Å². The van der Waals surface area contributed by atoms with Crippen molar-refractivity contribution in [3.63, 3.8) is 0 Å². The van der Waals surface area contributed by atoms with E-state index in [0.29, 0.717) is 24.5 Å². The van der Waals surface area contributed by atoms with Crippen LogP contribution in [-0.4, -0.2) is 31.6 Å². The molecule has 0 radical (unpaired) electrons. The maximum atomic E-state index is 13.5. The Morgan fingerprint density at radius 2 is 2.00 bits per heavy atom. The van der Waals surface area contributed by atoms with Crippen LogP contribution in [0.5, 0.6) is 0 Å². The van der Waals surface area contributed by atoms with Crippen molar-refractivity contribution in [1.29, 1.82) is 0 Å². The van der Waals surface area contributed by atoms with E-state index in [1.807, 2.05) is 0 Å². The van der Waals surface area contributed by atoms with Gasteiger partial charge in [-0.05, 0) is 37.1 Å². The Balaban J connectivity index is 1.72. The highest BCUT2D eigenvalue weighted by Gasteiger charge is 2.33. The monoisotopic (exact) mass is 466 g/mol. The fourth-order valence-corrected chi connectivity index (χ4v) is 5.11. The van der Waals surface area contributed by atoms with E-state index in [1.165, 1.54) is 6.07 Å². The normalized spacial score (nSPS) is 17.1. The Morgan fingerprint density at radius 3 is 2.74 bits per heavy atom. The number of anilines is 2. The number of rotatable bonds is 3. The lowest BCUT2D eigenvalue weighted by molar-refractivity contribution is -0.387. The topological polar surface area (TPSA) is 122 Å². The molecule has 162 valence electrons. The number of nitrogens with one attached hydrogen (secondary N) is 1. The third-order valence-electron chi connectivity index (χ3n) is 5.08. The third kappa shape index (κ3) is 3.98. The SMILES string of the molecule is O=C(Nc1ccc(F)c([N+](=O)[O-])c1)c1cc2c(cc1Cl)N1CCCCCC1=NS2(=O)=O. The maximum Gasteiger partial charge on any atom is 0.306 e. The number of sulfonamides is 1. The second-order valence-electron chi connectivity index (χ2n) is 7.12. The Bertz CT molecular complexity index is 1250. The van der Waals surface area contributed by atoms with Gasteiger partial charge in [-0.1, -0.05) is 18.0 Å². The number of nitro benzene ring substituents is 1. The van der Waals surface area contributed by atoms with Gasteiger partial charge in [0.25, 0.3) is 15.9 Å². The highest BCUT2D eigenvalue weighted by molar-refractivity contribution is 7.90. The van der Waals surface area contributed by atoms with Gasteiger partial charge >= 0.3 is 5.69 Å². The summed E-state index contributed by atoms with van der Waals surface area (Å²) in [6.07, 6.45) is 3.17. The number of nitrogens with zero attached hydrogens (tertiary/aromatic N) is 3. The molecule has 1 amide bonds. The van der Waals surface area contributed by atoms with Gasteiger partial charge in [0.1, 0.15) is 10.7 Å². The van der Waals surface area contributed by atoms with Gasteiger partial charge in [-0.15, -0.1) is 4.40 Å². The van der Waals surface area contributed by atoms with Gasteiger partial charge < -0.3 is 10.2 Å². The van der Waals surface area contributed by atoms with Crippen LogP contribution < -0.4 is 10.2 Å². The number of nitro groups is 1. The lowest BCUT2D eigenvalue weighted by atomic mass is 10.1. The van der Waals surface area contributed by atoms with E-state index < -0.39 is 32.4 Å². The van der Waals surface area contributed by atoms with E-state index in [-0.39, 0.29) is 21.2 Å². The molecule has 1 N–H and O–H groups in total. The number of hydrogen-bond acceptors (Lipinski definition) is 6. The van der Waals surface area contributed by atoms with Gasteiger partial charge in [-0.3, -0.25) is 14.9 Å². The van der Waals surface area contributed by atoms with Crippen LogP contribution >= 0.6 is 11.6 Å². The zero-order valence-corrected chi connectivity index (χ0v) is 17.5. The molecule has 0 atom stereocenters. The van der Waals surface area contributed by atoms with Crippen molar-refractivity contribution < 1.29 is 22.5 Å². The van der Waals surface area contributed by atoms with E-state index in [1.54, 1.807) is 4.90 Å². The zero-order chi connectivity index (χ0) is 22.3. The molecule has 2 aliphatic heterocycles. The van der Waals surface area contributed by atoms with E-state index in [2.05, 4.69) is 9.71 Å². The molecular weight excluding hydrogens is 451 g/mol. The molecule has 2 aromatic rings. The van der Waals surface area contributed by atoms with Gasteiger partial charge in [0, 0.05) is 24.7 Å². The van der Waals surface area contributed by atoms with Crippen LogP contribution in [0.1, 0.15) is 36.0 Å². The molecule has 0 saturated carbocycles. The molecule has 0 aromatic heterocycles. The molecule has 0 unspecified atom stereocenters. The molecule has 0 bridgehead atoms. The summed E-state index contributed by atoms with van der Waals surface area (Å²) < 4.78 is 42.9. The lowest BCUT2D eigenvalue weighted by Gasteiger charge is -2.30. The maximum absolute atomic E-state index is 13.5. The fourth-order valence-electron chi connectivity index (χ4n) is 3.60. The molecule has 9 nitrogen and oxygen atoms in total. The number of halogens is 2. The van der Waals surface area contributed by atoms with Crippen molar-refractivity contribution in [3.05, 3.63) is 56.8 Å². The summed E-state index contributed by atoms with van der Waals surface area (Å²) in [5.41, 5.74) is -0.627. The lowest BCUT2D eigenvalue weighted by Crippen LogP contribution is -2.35. The van der Waals surface area contributed by atoms with E-state index >= 15 is 0 Å². The largest absolute Gasteiger partial charge is 0.328 e. The third-order valence-corrected chi connectivity index (χ3v) is 6.73. The zero-order valence-electron chi connectivity index (χ0n) is 16.0. The number of hydrogen-bond donors (Lipinski definition) is 1. The summed E-state index contributed by atoms with van der Waals surface area (Å²) >= 11 is 6.30. The molecule has 0 spiro atoms. The molecule has 2 heterocycles. The molecular formula is C19H16ClFN4O5S. The van der Waals surface area contributed by atoms with Gasteiger partial charge in [0.15, 0.2) is 0 Å². The van der Waals surface area contributed by atoms with Crippen molar-refractivity contribution in [2.24, 2.45) is 4.40 Å². The van der Waals surface area contributed by atoms with Crippen LogP contribution in [0.2, 0.25) is 5.02 Å². The van der Waals surface area contributed by atoms with Gasteiger partial charge in [-0.25, -0.2) is 0 Å². The van der Waals surface area contributed by atoms with Crippen molar-refractivity contribution >= 4 is 50.4 Å². The average Bonchev–Trinajstić information content (AvgIpc) is 2.93. The van der Waals surface area contributed by atoms with Crippen LogP contribution in [0.15, 0.2) is 39.6 Å². The van der Waals surface area contributed by atoms with Crippen LogP contribution in [0.25, 0.3) is 0 Å². The van der Waals surface area contributed by atoms with E-state index in [9.17, 15) is 27.7 Å². The van der Waals surface area contributed by atoms with Crippen LogP contribution in [0.4, 0.5) is 21.5 Å². The standard InChI is InChI=1S/C19H16ClFN4O5S/c20-13-10-16-17(31(29,30)23-18-4-2-1-3-7-24(16)18)9-12(13)19(26)22-11-5-6-14(21)15(8-11)25(27)28/h5-6,8-10H,1-4,7H2,(H,22,26). The second kappa shape index (κ2) is 7.89. The minimum absolute atomic E-state index is 0.00792. The van der Waals surface area contributed by atoms with Crippen LogP contribution in [0, 0.1) is 15.9 Å². The van der Waals surface area contributed by atoms with Gasteiger partial charge in [0.2, 0.25) is 5.82 Å². The molecule has 4 rings (SSSR count). The Morgan fingerprint density at radius 1 is 1.23 bits per heavy atom. The molecule has 12 heteroatoms. The summed E-state index contributed by atoms with van der Waals surface area (Å²) in [5.74, 6) is -1.39. The minimum Gasteiger partial charge on any atom is -0.328 e. The summed E-state index contributed by atoms with van der Waals surface area (Å²) in [5, 5.41) is 13.3. The predicted molar refractivity (Wildman–Crippen MR) is 113 cm³/mol. The quantitative estimate of drug-likeness (QED) is 0.536. The summed E-state index contributed by atoms with van der Waals surface area (Å²) in [7, 11) is -4.03. The Hall–Kier alpha value is -3.05. The first-order valence-corrected chi connectivity index (χ1v) is 11.2. The van der Waals surface area contributed by atoms with Crippen LogP contribution in [0.3, 0.4) is 0 Å². The molecule has 1 fully saturated rings. The number of carbonyl (C=O) groups is 1. The highest BCUT2D eigenvalue weighted by atomic mass is 35.5. The Kier molecular flexibility index (Phi) is 5.40. The minimum atomic E-state index is -4.03. The molecule has 1 saturated heterocycles. The number of amides is 1. The average molecular weight is 467 g/mol. The van der Waals surface area contributed by atoms with E-state index in [4.69, 9.17) is 11.6 Å². The van der Waals surface area contributed by atoms with Crippen LogP contribution in [-0.2, 0) is 10.0 Å². The smallest absolute Gasteiger partial charge is 0.306 e. The summed E-state index contributed by atoms with van der Waals surface area (Å²) in [6, 6.07) is 5.42. The molecule has 0 aliphatic carbocycles. The number of fused-ring (bicyclic) bond motifs is 3. The summed E-state index contributed by atoms with van der Waals surface area (Å²) in [4.78, 5) is 24.4. The second-order valence-corrected chi connectivity index (χ2v) is 9.10. The fraction of sp³-hybridized carbons (Fsp3) is 0.263. The van der Waals surface area contributed by atoms with Crippen molar-refractivity contribution in [3.8, 4) is 0 Å². The van der Waals surface area contributed by atoms with Gasteiger partial charge in [-0.2, -0.15) is 12.8 Å².